The fourth-order valence-electron chi connectivity index (χ4n) is 6.22. The number of halogens is 3. The molecule has 4 rings (SSSR count). The first kappa shape index (κ1) is 28.0. The molecule has 0 aromatic heterocycles. The first-order valence-corrected chi connectivity index (χ1v) is 14.1. The van der Waals surface area contributed by atoms with Gasteiger partial charge in [0.15, 0.2) is 11.6 Å². The van der Waals surface area contributed by atoms with Crippen molar-refractivity contribution < 1.29 is 27.8 Å². The van der Waals surface area contributed by atoms with Crippen LogP contribution in [0.15, 0.2) is 30.3 Å². The molecule has 0 aliphatic heterocycles. The standard InChI is InChI=1S/C31H41F3O3/c1-3-5-29(35)22-8-6-21(7-9-22)27-16-12-23(30(33)31(27)34)19-37-24-13-10-20(11-14-24)26-17-15-25(36-4-2)18-28(26)32/h12,15-18,20-22,24,29,35H,3-11,13-14,19H2,1-2H3. The smallest absolute Gasteiger partial charge is 0.164 e. The molecule has 37 heavy (non-hydrogen) atoms. The molecule has 2 aromatic carbocycles. The van der Waals surface area contributed by atoms with Crippen molar-refractivity contribution in [1.29, 1.82) is 0 Å². The van der Waals surface area contributed by atoms with Crippen LogP contribution < -0.4 is 4.74 Å². The molecule has 2 fully saturated rings. The zero-order chi connectivity index (χ0) is 26.4. The maximum absolute atomic E-state index is 15.0. The van der Waals surface area contributed by atoms with Crippen molar-refractivity contribution in [3.8, 4) is 5.75 Å². The van der Waals surface area contributed by atoms with Crippen molar-refractivity contribution in [2.24, 2.45) is 5.92 Å². The Hall–Kier alpha value is -2.05. The molecule has 1 atom stereocenters. The van der Waals surface area contributed by atoms with E-state index in [4.69, 9.17) is 9.47 Å². The molecule has 2 aliphatic rings. The van der Waals surface area contributed by atoms with Crippen molar-refractivity contribution >= 4 is 0 Å². The molecule has 2 aliphatic carbocycles. The summed E-state index contributed by atoms with van der Waals surface area (Å²) in [5, 5.41) is 10.3. The lowest BCUT2D eigenvalue weighted by Gasteiger charge is -2.32. The fraction of sp³-hybridized carbons (Fsp3) is 0.613. The van der Waals surface area contributed by atoms with Gasteiger partial charge in [-0.15, -0.1) is 0 Å². The van der Waals surface area contributed by atoms with Crippen LogP contribution in [0, 0.1) is 23.4 Å². The molecule has 2 aromatic rings. The van der Waals surface area contributed by atoms with Gasteiger partial charge in [-0.1, -0.05) is 31.5 Å². The second-order valence-electron chi connectivity index (χ2n) is 10.8. The predicted molar refractivity (Wildman–Crippen MR) is 139 cm³/mol. The van der Waals surface area contributed by atoms with E-state index in [9.17, 15) is 13.9 Å². The van der Waals surface area contributed by atoms with Crippen molar-refractivity contribution in [3.05, 3.63) is 64.5 Å². The van der Waals surface area contributed by atoms with Crippen molar-refractivity contribution in [3.63, 3.8) is 0 Å². The molecule has 2 saturated carbocycles. The second kappa shape index (κ2) is 13.1. The summed E-state index contributed by atoms with van der Waals surface area (Å²) in [6, 6.07) is 8.45. The Balaban J connectivity index is 1.28. The van der Waals surface area contributed by atoms with E-state index in [0.29, 0.717) is 23.5 Å². The Bertz CT molecular complexity index is 1010. The molecule has 6 heteroatoms. The van der Waals surface area contributed by atoms with E-state index >= 15 is 4.39 Å². The van der Waals surface area contributed by atoms with E-state index in [0.717, 1.165) is 64.2 Å². The van der Waals surface area contributed by atoms with Gasteiger partial charge in [-0.2, -0.15) is 0 Å². The zero-order valence-electron chi connectivity index (χ0n) is 22.2. The van der Waals surface area contributed by atoms with Crippen LogP contribution in [-0.4, -0.2) is 23.9 Å². The molecule has 0 saturated heterocycles. The topological polar surface area (TPSA) is 38.7 Å². The number of rotatable bonds is 10. The average Bonchev–Trinajstić information content (AvgIpc) is 2.90. The minimum absolute atomic E-state index is 0.00665. The van der Waals surface area contributed by atoms with Crippen molar-refractivity contribution in [1.82, 2.24) is 0 Å². The summed E-state index contributed by atoms with van der Waals surface area (Å²) in [5.41, 5.74) is 1.40. The van der Waals surface area contributed by atoms with Gasteiger partial charge in [-0.05, 0) is 99.7 Å². The monoisotopic (exact) mass is 518 g/mol. The fourth-order valence-corrected chi connectivity index (χ4v) is 6.22. The molecule has 0 heterocycles. The van der Waals surface area contributed by atoms with Crippen LogP contribution in [0.2, 0.25) is 0 Å². The highest BCUT2D eigenvalue weighted by atomic mass is 19.2. The van der Waals surface area contributed by atoms with Crippen LogP contribution in [0.3, 0.4) is 0 Å². The summed E-state index contributed by atoms with van der Waals surface area (Å²) in [6.07, 6.45) is 7.76. The number of benzene rings is 2. The Morgan fingerprint density at radius 3 is 2.14 bits per heavy atom. The second-order valence-corrected chi connectivity index (χ2v) is 10.8. The zero-order valence-corrected chi connectivity index (χ0v) is 22.2. The predicted octanol–water partition coefficient (Wildman–Crippen LogP) is 8.18. The van der Waals surface area contributed by atoms with E-state index < -0.39 is 11.6 Å². The van der Waals surface area contributed by atoms with Gasteiger partial charge in [0.05, 0.1) is 25.4 Å². The van der Waals surface area contributed by atoms with Gasteiger partial charge in [0.1, 0.15) is 11.6 Å². The SMILES string of the molecule is CCCC(O)C1CCC(c2ccc(COC3CCC(c4ccc(OCC)cc4F)CC3)c(F)c2F)CC1. The summed E-state index contributed by atoms with van der Waals surface area (Å²) in [6.45, 7) is 4.47. The first-order chi connectivity index (χ1) is 17.9. The lowest BCUT2D eigenvalue weighted by molar-refractivity contribution is 0.0116. The lowest BCUT2D eigenvalue weighted by atomic mass is 9.76. The number of hydrogen-bond acceptors (Lipinski definition) is 3. The van der Waals surface area contributed by atoms with Crippen molar-refractivity contribution in [2.45, 2.75) is 109 Å². The van der Waals surface area contributed by atoms with E-state index in [-0.39, 0.29) is 47.9 Å². The number of aliphatic hydroxyl groups is 1. The van der Waals surface area contributed by atoms with Gasteiger partial charge >= 0.3 is 0 Å². The molecule has 204 valence electrons. The Labute approximate surface area is 219 Å². The average molecular weight is 519 g/mol. The lowest BCUT2D eigenvalue weighted by Crippen LogP contribution is -2.25. The van der Waals surface area contributed by atoms with Crippen LogP contribution in [0.5, 0.6) is 5.75 Å². The normalized spacial score (nSPS) is 25.1. The molecule has 0 amide bonds. The molecule has 1 unspecified atom stereocenters. The van der Waals surface area contributed by atoms with E-state index in [1.807, 2.05) is 19.1 Å². The molecule has 0 bridgehead atoms. The van der Waals surface area contributed by atoms with Crippen LogP contribution in [0.4, 0.5) is 13.2 Å². The van der Waals surface area contributed by atoms with Gasteiger partial charge in [-0.25, -0.2) is 13.2 Å². The van der Waals surface area contributed by atoms with Gasteiger partial charge in [0.2, 0.25) is 0 Å². The summed E-state index contributed by atoms with van der Waals surface area (Å²) in [7, 11) is 0. The van der Waals surface area contributed by atoms with E-state index in [2.05, 4.69) is 6.92 Å². The molecule has 0 spiro atoms. The van der Waals surface area contributed by atoms with Crippen LogP contribution in [0.25, 0.3) is 0 Å². The highest BCUT2D eigenvalue weighted by Crippen LogP contribution is 2.40. The highest BCUT2D eigenvalue weighted by molar-refractivity contribution is 5.32. The number of hydrogen-bond donors (Lipinski definition) is 1. The third kappa shape index (κ3) is 6.88. The molecule has 3 nitrogen and oxygen atoms in total. The molecular formula is C31H41F3O3. The minimum atomic E-state index is -0.809. The summed E-state index contributed by atoms with van der Waals surface area (Å²) >= 11 is 0. The van der Waals surface area contributed by atoms with Crippen LogP contribution >= 0.6 is 0 Å². The van der Waals surface area contributed by atoms with E-state index in [1.54, 1.807) is 12.1 Å². The summed E-state index contributed by atoms with van der Waals surface area (Å²) in [5.74, 6) is -0.880. The summed E-state index contributed by atoms with van der Waals surface area (Å²) in [4.78, 5) is 0. The maximum Gasteiger partial charge on any atom is 0.164 e. The van der Waals surface area contributed by atoms with Crippen molar-refractivity contribution in [2.75, 3.05) is 6.61 Å². The maximum atomic E-state index is 15.0. The third-order valence-corrected chi connectivity index (χ3v) is 8.40. The Kier molecular flexibility index (Phi) is 9.94. The highest BCUT2D eigenvalue weighted by Gasteiger charge is 2.30. The first-order valence-electron chi connectivity index (χ1n) is 14.1. The van der Waals surface area contributed by atoms with Crippen LogP contribution in [-0.2, 0) is 11.3 Å². The number of aliphatic hydroxyl groups excluding tert-OH is 1. The van der Waals surface area contributed by atoms with Gasteiger partial charge in [0, 0.05) is 11.6 Å². The van der Waals surface area contributed by atoms with E-state index in [1.165, 1.54) is 6.07 Å². The largest absolute Gasteiger partial charge is 0.494 e. The molecular weight excluding hydrogens is 477 g/mol. The molecule has 1 N–H and O–H groups in total. The quantitative estimate of drug-likeness (QED) is 0.345. The summed E-state index contributed by atoms with van der Waals surface area (Å²) < 4.78 is 55.9. The van der Waals surface area contributed by atoms with Crippen LogP contribution in [0.1, 0.15) is 107 Å². The number of ether oxygens (including phenoxy) is 2. The Morgan fingerprint density at radius 2 is 1.49 bits per heavy atom. The third-order valence-electron chi connectivity index (χ3n) is 8.40. The Morgan fingerprint density at radius 1 is 0.838 bits per heavy atom. The molecule has 0 radical (unpaired) electrons. The van der Waals surface area contributed by atoms with Gasteiger partial charge in [0.25, 0.3) is 0 Å². The minimum Gasteiger partial charge on any atom is -0.494 e. The van der Waals surface area contributed by atoms with Gasteiger partial charge in [-0.3, -0.25) is 0 Å². The van der Waals surface area contributed by atoms with Gasteiger partial charge < -0.3 is 14.6 Å².